The van der Waals surface area contributed by atoms with Crippen molar-refractivity contribution in [1.29, 1.82) is 0 Å². The molecule has 0 aliphatic carbocycles. The van der Waals surface area contributed by atoms with Gasteiger partial charge in [-0.2, -0.15) is 0 Å². The fourth-order valence-corrected chi connectivity index (χ4v) is 2.88. The van der Waals surface area contributed by atoms with Crippen molar-refractivity contribution in [2.45, 2.75) is 6.92 Å². The van der Waals surface area contributed by atoms with Gasteiger partial charge >= 0.3 is 12.0 Å². The molecule has 3 rings (SSSR count). The van der Waals surface area contributed by atoms with Crippen LogP contribution in [0.5, 0.6) is 11.5 Å². The molecule has 2 N–H and O–H groups in total. The fourth-order valence-electron chi connectivity index (χ4n) is 2.69. The van der Waals surface area contributed by atoms with E-state index in [1.807, 2.05) is 0 Å². The van der Waals surface area contributed by atoms with Gasteiger partial charge in [0.1, 0.15) is 5.70 Å². The van der Waals surface area contributed by atoms with Crippen LogP contribution in [-0.2, 0) is 9.59 Å². The zero-order valence-electron chi connectivity index (χ0n) is 15.3. The Balaban J connectivity index is 1.87. The van der Waals surface area contributed by atoms with Crippen molar-refractivity contribution in [3.05, 3.63) is 58.7 Å². The zero-order valence-corrected chi connectivity index (χ0v) is 16.1. The first-order valence-electron chi connectivity index (χ1n) is 8.63. The molecule has 29 heavy (non-hydrogen) atoms. The molecule has 0 unspecified atom stereocenters. The number of aliphatic carboxylic acids is 1. The first-order chi connectivity index (χ1) is 13.9. The number of ether oxygens (including phenoxy) is 2. The molecule has 1 saturated heterocycles. The van der Waals surface area contributed by atoms with Crippen molar-refractivity contribution < 1.29 is 29.0 Å². The number of hydrogen-bond acceptors (Lipinski definition) is 5. The molecular formula is C20H17ClN2O6. The van der Waals surface area contributed by atoms with Crippen molar-refractivity contribution in [2.75, 3.05) is 18.1 Å². The van der Waals surface area contributed by atoms with Gasteiger partial charge in [0.05, 0.1) is 12.3 Å². The van der Waals surface area contributed by atoms with Gasteiger partial charge in [-0.15, -0.1) is 0 Å². The van der Waals surface area contributed by atoms with Crippen LogP contribution in [0.1, 0.15) is 12.5 Å². The number of nitrogens with zero attached hydrogens (tertiary/aromatic N) is 1. The molecule has 1 heterocycles. The highest BCUT2D eigenvalue weighted by Crippen LogP contribution is 2.30. The highest BCUT2D eigenvalue weighted by Gasteiger charge is 2.34. The van der Waals surface area contributed by atoms with Gasteiger partial charge in [-0.25, -0.2) is 14.5 Å². The van der Waals surface area contributed by atoms with Crippen LogP contribution in [0, 0.1) is 0 Å². The van der Waals surface area contributed by atoms with Gasteiger partial charge in [-0.1, -0.05) is 23.7 Å². The predicted molar refractivity (Wildman–Crippen MR) is 106 cm³/mol. The number of carboxylic acids is 1. The minimum absolute atomic E-state index is 0.0802. The lowest BCUT2D eigenvalue weighted by Crippen LogP contribution is -2.30. The highest BCUT2D eigenvalue weighted by molar-refractivity contribution is 6.32. The number of carbonyl (C=O) groups is 3. The fraction of sp³-hybridized carbons (Fsp3) is 0.150. The molecule has 0 bridgehead atoms. The molecule has 1 aliphatic heterocycles. The molecule has 0 spiro atoms. The summed E-state index contributed by atoms with van der Waals surface area (Å²) in [4.78, 5) is 36.7. The van der Waals surface area contributed by atoms with Gasteiger partial charge in [0.2, 0.25) is 0 Å². The number of rotatable bonds is 7. The lowest BCUT2D eigenvalue weighted by molar-refractivity contribution is -0.139. The van der Waals surface area contributed by atoms with Crippen LogP contribution in [0.25, 0.3) is 6.08 Å². The third-order valence-electron chi connectivity index (χ3n) is 3.87. The molecule has 3 amide bonds. The van der Waals surface area contributed by atoms with Gasteiger partial charge in [0.25, 0.3) is 5.91 Å². The standard InChI is InChI=1S/C20H17ClN2O6/c1-2-28-17-9-12(6-7-16(17)29-11-18(24)25)8-15-19(26)23(20(27)22-15)14-5-3-4-13(21)10-14/h3-10H,2,11H2,1H3,(H,22,27)(H,24,25). The van der Waals surface area contributed by atoms with E-state index in [-0.39, 0.29) is 11.4 Å². The third-order valence-corrected chi connectivity index (χ3v) is 4.11. The van der Waals surface area contributed by atoms with Crippen LogP contribution < -0.4 is 19.7 Å². The number of anilines is 1. The summed E-state index contributed by atoms with van der Waals surface area (Å²) < 4.78 is 10.7. The maximum atomic E-state index is 12.7. The molecule has 0 aromatic heterocycles. The van der Waals surface area contributed by atoms with E-state index in [4.69, 9.17) is 26.2 Å². The Morgan fingerprint density at radius 3 is 2.66 bits per heavy atom. The van der Waals surface area contributed by atoms with Crippen LogP contribution in [-0.4, -0.2) is 36.2 Å². The number of urea groups is 1. The molecule has 9 heteroatoms. The summed E-state index contributed by atoms with van der Waals surface area (Å²) in [6, 6.07) is 10.6. The molecule has 1 fully saturated rings. The quantitative estimate of drug-likeness (QED) is 0.530. The van der Waals surface area contributed by atoms with E-state index >= 15 is 0 Å². The van der Waals surface area contributed by atoms with E-state index in [1.54, 1.807) is 37.3 Å². The lowest BCUT2D eigenvalue weighted by atomic mass is 10.1. The minimum Gasteiger partial charge on any atom is -0.490 e. The second-order valence-corrected chi connectivity index (χ2v) is 6.37. The van der Waals surface area contributed by atoms with E-state index in [0.717, 1.165) is 4.90 Å². The van der Waals surface area contributed by atoms with E-state index < -0.39 is 24.5 Å². The largest absolute Gasteiger partial charge is 0.490 e. The maximum absolute atomic E-state index is 12.7. The van der Waals surface area contributed by atoms with Gasteiger partial charge in [-0.3, -0.25) is 4.79 Å². The Morgan fingerprint density at radius 2 is 1.97 bits per heavy atom. The Morgan fingerprint density at radius 1 is 1.17 bits per heavy atom. The zero-order chi connectivity index (χ0) is 21.0. The predicted octanol–water partition coefficient (Wildman–Crippen LogP) is 3.30. The monoisotopic (exact) mass is 416 g/mol. The SMILES string of the molecule is CCOc1cc(C=C2NC(=O)N(c3cccc(Cl)c3)C2=O)ccc1OCC(=O)O. The van der Waals surface area contributed by atoms with Crippen LogP contribution in [0.15, 0.2) is 48.2 Å². The molecule has 8 nitrogen and oxygen atoms in total. The highest BCUT2D eigenvalue weighted by atomic mass is 35.5. The van der Waals surface area contributed by atoms with Crippen molar-refractivity contribution in [3.63, 3.8) is 0 Å². The molecule has 1 aliphatic rings. The Labute approximate surface area is 171 Å². The second kappa shape index (κ2) is 8.66. The number of halogens is 1. The molecule has 0 saturated carbocycles. The first-order valence-corrected chi connectivity index (χ1v) is 9.01. The van der Waals surface area contributed by atoms with E-state index in [1.165, 1.54) is 18.2 Å². The third kappa shape index (κ3) is 4.67. The van der Waals surface area contributed by atoms with Gasteiger partial charge in [-0.05, 0) is 48.9 Å². The van der Waals surface area contributed by atoms with Crippen LogP contribution in [0.2, 0.25) is 5.02 Å². The number of imide groups is 1. The minimum atomic E-state index is -1.11. The Bertz CT molecular complexity index is 1000. The van der Waals surface area contributed by atoms with Crippen molar-refractivity contribution >= 4 is 41.3 Å². The van der Waals surface area contributed by atoms with E-state index in [9.17, 15) is 14.4 Å². The second-order valence-electron chi connectivity index (χ2n) is 5.93. The Hall–Kier alpha value is -3.52. The van der Waals surface area contributed by atoms with Crippen molar-refractivity contribution in [2.24, 2.45) is 0 Å². The summed E-state index contributed by atoms with van der Waals surface area (Å²) in [7, 11) is 0. The van der Waals surface area contributed by atoms with Crippen LogP contribution >= 0.6 is 11.6 Å². The Kier molecular flexibility index (Phi) is 6.04. The smallest absolute Gasteiger partial charge is 0.341 e. The van der Waals surface area contributed by atoms with Gasteiger partial charge in [0.15, 0.2) is 18.1 Å². The molecule has 2 aromatic carbocycles. The number of amides is 3. The summed E-state index contributed by atoms with van der Waals surface area (Å²) >= 11 is 5.95. The number of nitrogens with one attached hydrogen (secondary N) is 1. The summed E-state index contributed by atoms with van der Waals surface area (Å²) in [6.45, 7) is 1.60. The van der Waals surface area contributed by atoms with Crippen molar-refractivity contribution in [3.8, 4) is 11.5 Å². The molecule has 150 valence electrons. The normalized spacial score (nSPS) is 14.8. The number of benzene rings is 2. The van der Waals surface area contributed by atoms with E-state index in [2.05, 4.69) is 5.32 Å². The van der Waals surface area contributed by atoms with Crippen LogP contribution in [0.3, 0.4) is 0 Å². The summed E-state index contributed by atoms with van der Waals surface area (Å²) in [6.07, 6.45) is 1.49. The number of carboxylic acid groups (broad SMARTS) is 1. The lowest BCUT2D eigenvalue weighted by Gasteiger charge is -2.12. The van der Waals surface area contributed by atoms with Gasteiger partial charge < -0.3 is 19.9 Å². The average Bonchev–Trinajstić information content (AvgIpc) is 2.94. The molecule has 2 aromatic rings. The topological polar surface area (TPSA) is 105 Å². The van der Waals surface area contributed by atoms with Crippen LogP contribution in [0.4, 0.5) is 10.5 Å². The first kappa shape index (κ1) is 20.2. The number of hydrogen-bond donors (Lipinski definition) is 2. The molecule has 0 radical (unpaired) electrons. The van der Waals surface area contributed by atoms with E-state index in [0.29, 0.717) is 28.6 Å². The summed E-state index contributed by atoms with van der Waals surface area (Å²) in [5.74, 6) is -1.05. The molecular weight excluding hydrogens is 400 g/mol. The van der Waals surface area contributed by atoms with Crippen molar-refractivity contribution in [1.82, 2.24) is 5.32 Å². The average molecular weight is 417 g/mol. The maximum Gasteiger partial charge on any atom is 0.341 e. The number of carbonyl (C=O) groups excluding carboxylic acids is 2. The molecule has 0 atom stereocenters. The summed E-state index contributed by atoms with van der Waals surface area (Å²) in [5.41, 5.74) is 1.00. The summed E-state index contributed by atoms with van der Waals surface area (Å²) in [5, 5.41) is 11.7. The van der Waals surface area contributed by atoms with Gasteiger partial charge in [0, 0.05) is 5.02 Å².